The lowest BCUT2D eigenvalue weighted by Crippen LogP contribution is -2.27. The fourth-order valence-corrected chi connectivity index (χ4v) is 2.34. The van der Waals surface area contributed by atoms with Gasteiger partial charge in [-0.2, -0.15) is 0 Å². The van der Waals surface area contributed by atoms with Crippen LogP contribution in [0.4, 0.5) is 0 Å². The van der Waals surface area contributed by atoms with Crippen molar-refractivity contribution >= 4 is 5.97 Å². The van der Waals surface area contributed by atoms with E-state index in [0.29, 0.717) is 6.61 Å². The smallest absolute Gasteiger partial charge is 0.308 e. The zero-order valence-corrected chi connectivity index (χ0v) is 11.0. The molecule has 2 unspecified atom stereocenters. The Hall–Kier alpha value is -1.59. The Balaban J connectivity index is 1.94. The Morgan fingerprint density at radius 3 is 3.05 bits per heavy atom. The molecule has 2 rings (SSSR count). The van der Waals surface area contributed by atoms with Crippen LogP contribution in [0, 0.1) is 0 Å². The van der Waals surface area contributed by atoms with Gasteiger partial charge in [0.15, 0.2) is 0 Å². The second-order valence-corrected chi connectivity index (χ2v) is 4.60. The third-order valence-corrected chi connectivity index (χ3v) is 3.19. The highest BCUT2D eigenvalue weighted by Gasteiger charge is 2.31. The highest BCUT2D eigenvalue weighted by Crippen LogP contribution is 2.35. The third-order valence-electron chi connectivity index (χ3n) is 3.19. The molecule has 0 amide bonds. The number of phenols is 1. The van der Waals surface area contributed by atoms with Gasteiger partial charge >= 0.3 is 5.97 Å². The summed E-state index contributed by atoms with van der Waals surface area (Å²) in [6, 6.07) is 5.04. The van der Waals surface area contributed by atoms with Crippen molar-refractivity contribution in [3.63, 3.8) is 0 Å². The molecule has 0 spiro atoms. The highest BCUT2D eigenvalue weighted by molar-refractivity contribution is 5.69. The van der Waals surface area contributed by atoms with Crippen molar-refractivity contribution in [1.82, 2.24) is 0 Å². The molecule has 0 aromatic heterocycles. The molecule has 3 N–H and O–H groups in total. The van der Waals surface area contributed by atoms with Gasteiger partial charge in [0.2, 0.25) is 0 Å². The van der Waals surface area contributed by atoms with E-state index in [1.165, 1.54) is 0 Å². The molecule has 0 fully saturated rings. The van der Waals surface area contributed by atoms with Gasteiger partial charge in [-0.15, -0.1) is 0 Å². The van der Waals surface area contributed by atoms with Crippen LogP contribution in [0.5, 0.6) is 5.75 Å². The number of rotatable bonds is 5. The predicted octanol–water partition coefficient (Wildman–Crippen LogP) is 1.29. The Bertz CT molecular complexity index is 461. The van der Waals surface area contributed by atoms with E-state index in [4.69, 9.17) is 15.2 Å². The average molecular weight is 265 g/mol. The zero-order valence-electron chi connectivity index (χ0n) is 11.0. The number of ether oxygens (including phenoxy) is 2. The van der Waals surface area contributed by atoms with Crippen LogP contribution in [0.1, 0.15) is 30.6 Å². The summed E-state index contributed by atoms with van der Waals surface area (Å²) in [5.41, 5.74) is 8.03. The van der Waals surface area contributed by atoms with Crippen molar-refractivity contribution < 1.29 is 19.4 Å². The lowest BCUT2D eigenvalue weighted by molar-refractivity contribution is -0.144. The summed E-state index contributed by atoms with van der Waals surface area (Å²) in [7, 11) is 0. The van der Waals surface area contributed by atoms with E-state index >= 15 is 0 Å². The molecule has 0 aliphatic heterocycles. The molecule has 1 aliphatic rings. The average Bonchev–Trinajstić information content (AvgIpc) is 2.66. The quantitative estimate of drug-likeness (QED) is 0.784. The maximum atomic E-state index is 11.2. The molecule has 104 valence electrons. The third kappa shape index (κ3) is 3.24. The van der Waals surface area contributed by atoms with Crippen LogP contribution in [0.2, 0.25) is 0 Å². The molecule has 0 bridgehead atoms. The molecule has 5 heteroatoms. The summed E-state index contributed by atoms with van der Waals surface area (Å²) in [5.74, 6) is -0.0722. The van der Waals surface area contributed by atoms with Gasteiger partial charge in [-0.3, -0.25) is 4.79 Å². The molecule has 1 aliphatic carbocycles. The van der Waals surface area contributed by atoms with Crippen molar-refractivity contribution in [2.24, 2.45) is 5.73 Å². The first kappa shape index (κ1) is 13.8. The van der Waals surface area contributed by atoms with Crippen molar-refractivity contribution in [2.75, 3.05) is 13.2 Å². The zero-order chi connectivity index (χ0) is 13.8. The Labute approximate surface area is 112 Å². The summed E-state index contributed by atoms with van der Waals surface area (Å²) >= 11 is 0. The second kappa shape index (κ2) is 6.04. The predicted molar refractivity (Wildman–Crippen MR) is 69.7 cm³/mol. The topological polar surface area (TPSA) is 81.8 Å². The van der Waals surface area contributed by atoms with Crippen molar-refractivity contribution in [2.45, 2.75) is 31.9 Å². The number of fused-ring (bicyclic) bond motifs is 1. The number of carbonyl (C=O) groups is 1. The molecule has 0 saturated carbocycles. The summed E-state index contributed by atoms with van der Waals surface area (Å²) in [5, 5.41) is 9.51. The van der Waals surface area contributed by atoms with Gasteiger partial charge < -0.3 is 20.3 Å². The van der Waals surface area contributed by atoms with Gasteiger partial charge in [-0.25, -0.2) is 0 Å². The van der Waals surface area contributed by atoms with Crippen LogP contribution in [0.3, 0.4) is 0 Å². The molecule has 5 nitrogen and oxygen atoms in total. The molecule has 1 aromatic carbocycles. The van der Waals surface area contributed by atoms with E-state index in [-0.39, 0.29) is 36.9 Å². The van der Waals surface area contributed by atoms with E-state index in [0.717, 1.165) is 17.5 Å². The minimum atomic E-state index is -0.273. The van der Waals surface area contributed by atoms with Crippen molar-refractivity contribution in [1.29, 1.82) is 0 Å². The summed E-state index contributed by atoms with van der Waals surface area (Å²) in [6.07, 6.45) is 0.668. The first-order valence-electron chi connectivity index (χ1n) is 6.46. The molecule has 0 saturated heterocycles. The summed E-state index contributed by atoms with van der Waals surface area (Å²) in [6.45, 7) is 2.41. The molecule has 1 aromatic rings. The normalized spacial score (nSPS) is 21.2. The maximum Gasteiger partial charge on any atom is 0.308 e. The van der Waals surface area contributed by atoms with E-state index in [1.54, 1.807) is 19.1 Å². The molecular weight excluding hydrogens is 246 g/mol. The SMILES string of the molecule is CCOC(=O)CCOC1c2cc(O)ccc2CC1N. The largest absolute Gasteiger partial charge is 0.508 e. The number of hydrogen-bond donors (Lipinski definition) is 2. The van der Waals surface area contributed by atoms with E-state index < -0.39 is 0 Å². The first-order chi connectivity index (χ1) is 9.11. The molecule has 19 heavy (non-hydrogen) atoms. The Kier molecular flexibility index (Phi) is 4.39. The molecule has 0 radical (unpaired) electrons. The van der Waals surface area contributed by atoms with Gasteiger partial charge in [-0.1, -0.05) is 6.07 Å². The Morgan fingerprint density at radius 2 is 2.32 bits per heavy atom. The Morgan fingerprint density at radius 1 is 1.53 bits per heavy atom. The second-order valence-electron chi connectivity index (χ2n) is 4.60. The number of phenolic OH excluding ortho intramolecular Hbond substituents is 1. The molecule has 0 heterocycles. The van der Waals surface area contributed by atoms with E-state index in [9.17, 15) is 9.90 Å². The van der Waals surface area contributed by atoms with Crippen molar-refractivity contribution in [3.05, 3.63) is 29.3 Å². The first-order valence-corrected chi connectivity index (χ1v) is 6.46. The minimum Gasteiger partial charge on any atom is -0.508 e. The standard InChI is InChI=1S/C14H19NO4/c1-2-18-13(17)5-6-19-14-11-8-10(16)4-3-9(11)7-12(14)15/h3-4,8,12,14,16H,2,5-7,15H2,1H3. The lowest BCUT2D eigenvalue weighted by Gasteiger charge is -2.17. The van der Waals surface area contributed by atoms with E-state index in [2.05, 4.69) is 0 Å². The summed E-state index contributed by atoms with van der Waals surface area (Å²) in [4.78, 5) is 11.2. The number of nitrogens with two attached hydrogens (primary N) is 1. The van der Waals surface area contributed by atoms with Gasteiger partial charge in [0.1, 0.15) is 5.75 Å². The lowest BCUT2D eigenvalue weighted by atomic mass is 10.1. The van der Waals surface area contributed by atoms with Crippen LogP contribution < -0.4 is 5.73 Å². The number of esters is 1. The number of hydrogen-bond acceptors (Lipinski definition) is 5. The monoisotopic (exact) mass is 265 g/mol. The fourth-order valence-electron chi connectivity index (χ4n) is 2.34. The summed E-state index contributed by atoms with van der Waals surface area (Å²) < 4.78 is 10.5. The van der Waals surface area contributed by atoms with Gasteiger partial charge in [0, 0.05) is 6.04 Å². The van der Waals surface area contributed by atoms with E-state index in [1.807, 2.05) is 6.07 Å². The number of benzene rings is 1. The fraction of sp³-hybridized carbons (Fsp3) is 0.500. The van der Waals surface area contributed by atoms with Crippen LogP contribution in [0.25, 0.3) is 0 Å². The molecular formula is C14H19NO4. The number of aromatic hydroxyl groups is 1. The van der Waals surface area contributed by atoms with Crippen LogP contribution in [0.15, 0.2) is 18.2 Å². The van der Waals surface area contributed by atoms with Crippen LogP contribution in [-0.2, 0) is 20.7 Å². The van der Waals surface area contributed by atoms with Gasteiger partial charge in [-0.05, 0) is 36.6 Å². The van der Waals surface area contributed by atoms with Crippen LogP contribution in [-0.4, -0.2) is 30.3 Å². The minimum absolute atomic E-state index is 0.140. The highest BCUT2D eigenvalue weighted by atomic mass is 16.5. The molecule has 2 atom stereocenters. The number of carbonyl (C=O) groups excluding carboxylic acids is 1. The van der Waals surface area contributed by atoms with Gasteiger partial charge in [0.05, 0.1) is 25.7 Å². The maximum absolute atomic E-state index is 11.2. The van der Waals surface area contributed by atoms with Crippen LogP contribution >= 0.6 is 0 Å². The van der Waals surface area contributed by atoms with Crippen molar-refractivity contribution in [3.8, 4) is 5.75 Å². The van der Waals surface area contributed by atoms with Gasteiger partial charge in [0.25, 0.3) is 0 Å².